The molecule has 0 aromatic heterocycles. The van der Waals surface area contributed by atoms with Gasteiger partial charge in [0.05, 0.1) is 12.7 Å². The maximum Gasteiger partial charge on any atom is 0.343 e. The molecule has 2 aromatic carbocycles. The van der Waals surface area contributed by atoms with Crippen molar-refractivity contribution in [2.45, 2.75) is 17.7 Å². The number of sulfonamides is 1. The Hall–Kier alpha value is -2.45. The summed E-state index contributed by atoms with van der Waals surface area (Å²) in [5.74, 6) is -1.13. The lowest BCUT2D eigenvalue weighted by Crippen LogP contribution is -2.28. The molecule has 1 saturated heterocycles. The highest BCUT2D eigenvalue weighted by Crippen LogP contribution is 2.30. The molecule has 0 spiro atoms. The molecule has 1 fully saturated rings. The zero-order valence-corrected chi connectivity index (χ0v) is 15.0. The normalized spacial score (nSPS) is 15.0. The standard InChI is InChI=1S/C18H18FNO5S/c1-24-16-8-7-13(18(21)25-15-6-4-5-14(19)12-15)11-17(16)26(22,23)20-9-2-3-10-20/h4-8,11-12H,2-3,9-10H2,1H3. The van der Waals surface area contributed by atoms with Crippen LogP contribution in [0.5, 0.6) is 11.5 Å². The summed E-state index contributed by atoms with van der Waals surface area (Å²) in [6, 6.07) is 9.19. The van der Waals surface area contributed by atoms with Crippen molar-refractivity contribution in [2.24, 2.45) is 0 Å². The SMILES string of the molecule is COc1ccc(C(=O)Oc2cccc(F)c2)cc1S(=O)(=O)N1CCCC1. The first kappa shape index (κ1) is 18.3. The van der Waals surface area contributed by atoms with Crippen LogP contribution >= 0.6 is 0 Å². The minimum Gasteiger partial charge on any atom is -0.495 e. The maximum absolute atomic E-state index is 13.2. The first-order valence-electron chi connectivity index (χ1n) is 8.08. The average molecular weight is 379 g/mol. The molecule has 1 aliphatic heterocycles. The van der Waals surface area contributed by atoms with Crippen molar-refractivity contribution in [1.82, 2.24) is 4.31 Å². The largest absolute Gasteiger partial charge is 0.495 e. The Kier molecular flexibility index (Phi) is 5.24. The smallest absolute Gasteiger partial charge is 0.343 e. The number of rotatable bonds is 5. The molecule has 26 heavy (non-hydrogen) atoms. The zero-order chi connectivity index (χ0) is 18.7. The molecule has 0 radical (unpaired) electrons. The number of halogens is 1. The number of methoxy groups -OCH3 is 1. The van der Waals surface area contributed by atoms with Crippen LogP contribution in [0.3, 0.4) is 0 Å². The minimum atomic E-state index is -3.78. The minimum absolute atomic E-state index is 0.0350. The summed E-state index contributed by atoms with van der Waals surface area (Å²) in [5, 5.41) is 0. The second-order valence-electron chi connectivity index (χ2n) is 5.82. The van der Waals surface area contributed by atoms with Crippen molar-refractivity contribution >= 4 is 16.0 Å². The lowest BCUT2D eigenvalue weighted by atomic mass is 10.2. The summed E-state index contributed by atoms with van der Waals surface area (Å²) < 4.78 is 50.5. The summed E-state index contributed by atoms with van der Waals surface area (Å²) >= 11 is 0. The first-order chi connectivity index (χ1) is 12.4. The quantitative estimate of drug-likeness (QED) is 0.590. The van der Waals surface area contributed by atoms with Crippen LogP contribution in [-0.2, 0) is 10.0 Å². The van der Waals surface area contributed by atoms with E-state index in [9.17, 15) is 17.6 Å². The third-order valence-corrected chi connectivity index (χ3v) is 6.01. The summed E-state index contributed by atoms with van der Waals surface area (Å²) in [5.41, 5.74) is 0.0350. The third-order valence-electron chi connectivity index (χ3n) is 4.09. The number of carbonyl (C=O) groups excluding carboxylic acids is 1. The van der Waals surface area contributed by atoms with Gasteiger partial charge in [0.1, 0.15) is 22.2 Å². The molecule has 0 atom stereocenters. The van der Waals surface area contributed by atoms with E-state index >= 15 is 0 Å². The lowest BCUT2D eigenvalue weighted by molar-refractivity contribution is 0.0734. The van der Waals surface area contributed by atoms with Crippen LogP contribution < -0.4 is 9.47 Å². The van der Waals surface area contributed by atoms with E-state index in [2.05, 4.69) is 0 Å². The van der Waals surface area contributed by atoms with Crippen LogP contribution in [0.25, 0.3) is 0 Å². The summed E-state index contributed by atoms with van der Waals surface area (Å²) in [7, 11) is -2.41. The molecular weight excluding hydrogens is 361 g/mol. The third kappa shape index (κ3) is 3.71. The van der Waals surface area contributed by atoms with Gasteiger partial charge in [-0.15, -0.1) is 0 Å². The monoisotopic (exact) mass is 379 g/mol. The average Bonchev–Trinajstić information content (AvgIpc) is 3.16. The Bertz CT molecular complexity index is 923. The van der Waals surface area contributed by atoms with Crippen molar-refractivity contribution in [1.29, 1.82) is 0 Å². The van der Waals surface area contributed by atoms with Gasteiger partial charge in [0.2, 0.25) is 10.0 Å². The molecule has 8 heteroatoms. The molecule has 0 bridgehead atoms. The van der Waals surface area contributed by atoms with Gasteiger partial charge >= 0.3 is 5.97 Å². The molecule has 138 valence electrons. The second kappa shape index (κ2) is 7.43. The molecule has 2 aromatic rings. The highest BCUT2D eigenvalue weighted by atomic mass is 32.2. The Balaban J connectivity index is 1.93. The zero-order valence-electron chi connectivity index (χ0n) is 14.1. The van der Waals surface area contributed by atoms with Crippen molar-refractivity contribution in [3.8, 4) is 11.5 Å². The van der Waals surface area contributed by atoms with E-state index in [1.807, 2.05) is 0 Å². The van der Waals surface area contributed by atoms with Crippen LogP contribution in [0, 0.1) is 5.82 Å². The Morgan fingerprint density at radius 2 is 1.85 bits per heavy atom. The second-order valence-corrected chi connectivity index (χ2v) is 7.73. The van der Waals surface area contributed by atoms with Gasteiger partial charge in [-0.1, -0.05) is 6.07 Å². The van der Waals surface area contributed by atoms with E-state index in [0.717, 1.165) is 18.9 Å². The maximum atomic E-state index is 13.2. The molecule has 0 saturated carbocycles. The predicted octanol–water partition coefficient (Wildman–Crippen LogP) is 2.84. The molecular formula is C18H18FNO5S. The fourth-order valence-corrected chi connectivity index (χ4v) is 4.47. The molecule has 0 unspecified atom stereocenters. The Labute approximate surface area is 151 Å². The van der Waals surface area contributed by atoms with E-state index in [0.29, 0.717) is 13.1 Å². The molecule has 6 nitrogen and oxygen atoms in total. The number of hydrogen-bond acceptors (Lipinski definition) is 5. The number of hydrogen-bond donors (Lipinski definition) is 0. The first-order valence-corrected chi connectivity index (χ1v) is 9.52. The highest BCUT2D eigenvalue weighted by molar-refractivity contribution is 7.89. The fraction of sp³-hybridized carbons (Fsp3) is 0.278. The fourth-order valence-electron chi connectivity index (χ4n) is 2.77. The summed E-state index contributed by atoms with van der Waals surface area (Å²) in [4.78, 5) is 12.2. The molecule has 1 heterocycles. The van der Waals surface area contributed by atoms with Gasteiger partial charge in [0.25, 0.3) is 0 Å². The molecule has 3 rings (SSSR count). The van der Waals surface area contributed by atoms with Gasteiger partial charge < -0.3 is 9.47 Å². The van der Waals surface area contributed by atoms with Gasteiger partial charge in [-0.05, 0) is 43.2 Å². The van der Waals surface area contributed by atoms with E-state index in [4.69, 9.17) is 9.47 Å². The topological polar surface area (TPSA) is 72.9 Å². The van der Waals surface area contributed by atoms with Crippen LogP contribution in [0.15, 0.2) is 47.4 Å². The van der Waals surface area contributed by atoms with Crippen LogP contribution in [0.4, 0.5) is 4.39 Å². The van der Waals surface area contributed by atoms with Crippen LogP contribution in [0.2, 0.25) is 0 Å². The Morgan fingerprint density at radius 1 is 1.12 bits per heavy atom. The molecule has 0 aliphatic carbocycles. The van der Waals surface area contributed by atoms with Crippen molar-refractivity contribution in [3.05, 3.63) is 53.8 Å². The van der Waals surface area contributed by atoms with Gasteiger partial charge in [-0.2, -0.15) is 4.31 Å². The number of benzene rings is 2. The highest BCUT2D eigenvalue weighted by Gasteiger charge is 2.30. The van der Waals surface area contributed by atoms with E-state index in [1.54, 1.807) is 0 Å². The van der Waals surface area contributed by atoms with Crippen LogP contribution in [0.1, 0.15) is 23.2 Å². The summed E-state index contributed by atoms with van der Waals surface area (Å²) in [6.45, 7) is 0.868. The molecule has 0 N–H and O–H groups in total. The van der Waals surface area contributed by atoms with Crippen molar-refractivity contribution in [3.63, 3.8) is 0 Å². The van der Waals surface area contributed by atoms with Gasteiger partial charge in [0.15, 0.2) is 0 Å². The summed E-state index contributed by atoms with van der Waals surface area (Å²) in [6.07, 6.45) is 1.59. The van der Waals surface area contributed by atoms with E-state index in [-0.39, 0.29) is 22.0 Å². The van der Waals surface area contributed by atoms with Gasteiger partial charge in [-0.3, -0.25) is 0 Å². The van der Waals surface area contributed by atoms with E-state index < -0.39 is 21.8 Å². The van der Waals surface area contributed by atoms with E-state index in [1.165, 1.54) is 47.8 Å². The molecule has 0 amide bonds. The number of nitrogens with zero attached hydrogens (tertiary/aromatic N) is 1. The number of esters is 1. The Morgan fingerprint density at radius 3 is 2.50 bits per heavy atom. The number of ether oxygens (including phenoxy) is 2. The van der Waals surface area contributed by atoms with Crippen molar-refractivity contribution < 1.29 is 27.1 Å². The van der Waals surface area contributed by atoms with Crippen LogP contribution in [-0.4, -0.2) is 38.9 Å². The molecule has 1 aliphatic rings. The number of carbonyl (C=O) groups is 1. The lowest BCUT2D eigenvalue weighted by Gasteiger charge is -2.18. The van der Waals surface area contributed by atoms with Crippen molar-refractivity contribution in [2.75, 3.05) is 20.2 Å². The predicted molar refractivity (Wildman–Crippen MR) is 92.3 cm³/mol. The van der Waals surface area contributed by atoms with Gasteiger partial charge in [-0.25, -0.2) is 17.6 Å². The van der Waals surface area contributed by atoms with Gasteiger partial charge in [0, 0.05) is 19.2 Å².